The van der Waals surface area contributed by atoms with Crippen molar-refractivity contribution in [2.45, 2.75) is 0 Å². The summed E-state index contributed by atoms with van der Waals surface area (Å²) in [7, 11) is 1.64. The fraction of sp³-hybridized carbons (Fsp3) is 0.100. The fourth-order valence-corrected chi connectivity index (χ4v) is 1.29. The fourth-order valence-electron chi connectivity index (χ4n) is 1.29. The lowest BCUT2D eigenvalue weighted by atomic mass is 10.2. The monoisotopic (exact) mass is 252 g/mol. The Morgan fingerprint density at radius 2 is 2.28 bits per heavy atom. The molecule has 0 saturated carbocycles. The van der Waals surface area contributed by atoms with Crippen LogP contribution in [0.25, 0.3) is 0 Å². The highest BCUT2D eigenvalue weighted by Crippen LogP contribution is 2.28. The maximum absolute atomic E-state index is 13.4. The van der Waals surface area contributed by atoms with Crippen molar-refractivity contribution in [1.29, 1.82) is 0 Å². The van der Waals surface area contributed by atoms with Gasteiger partial charge in [0.25, 0.3) is 0 Å². The Balaban J connectivity index is 2.35. The Hall–Kier alpha value is -2.64. The van der Waals surface area contributed by atoms with Crippen LogP contribution in [0, 0.1) is 5.82 Å². The average molecular weight is 252 g/mol. The van der Waals surface area contributed by atoms with E-state index < -0.39 is 17.3 Å². The molecule has 3 N–H and O–H groups in total. The Morgan fingerprint density at radius 3 is 2.83 bits per heavy atom. The van der Waals surface area contributed by atoms with Crippen LogP contribution in [0.3, 0.4) is 0 Å². The number of ether oxygens (including phenoxy) is 1. The largest absolute Gasteiger partial charge is 0.478 e. The first kappa shape index (κ1) is 11.8. The molecule has 0 atom stereocenters. The zero-order chi connectivity index (χ0) is 13.3. The number of nitrogen functional groups attached to an aromatic ring is 1. The number of anilines is 1. The zero-order valence-corrected chi connectivity index (χ0v) is 9.29. The van der Waals surface area contributed by atoms with E-state index in [-0.39, 0.29) is 17.4 Å². The van der Waals surface area contributed by atoms with Crippen molar-refractivity contribution in [3.8, 4) is 11.8 Å². The van der Waals surface area contributed by atoms with Crippen LogP contribution in [-0.2, 0) is 7.05 Å². The quantitative estimate of drug-likeness (QED) is 0.790. The number of aromatic carboxylic acids is 1. The summed E-state index contributed by atoms with van der Waals surface area (Å²) in [4.78, 5) is 14.5. The molecule has 0 amide bonds. The van der Waals surface area contributed by atoms with E-state index in [1.165, 1.54) is 11.0 Å². The topological polar surface area (TPSA) is 103 Å². The van der Waals surface area contributed by atoms with Gasteiger partial charge in [0, 0.05) is 13.1 Å². The first-order chi connectivity index (χ1) is 8.47. The van der Waals surface area contributed by atoms with Crippen molar-refractivity contribution in [2.24, 2.45) is 7.05 Å². The molecule has 18 heavy (non-hydrogen) atoms. The molecule has 0 radical (unpaired) electrons. The van der Waals surface area contributed by atoms with E-state index in [9.17, 15) is 9.18 Å². The minimum atomic E-state index is -1.40. The number of carboxylic acids is 1. The van der Waals surface area contributed by atoms with Gasteiger partial charge in [-0.1, -0.05) is 0 Å². The van der Waals surface area contributed by atoms with E-state index in [2.05, 4.69) is 10.1 Å². The molecule has 0 saturated heterocycles. The van der Waals surface area contributed by atoms with Crippen LogP contribution in [-0.4, -0.2) is 25.8 Å². The summed E-state index contributed by atoms with van der Waals surface area (Å²) < 4.78 is 20.0. The lowest BCUT2D eigenvalue weighted by molar-refractivity contribution is 0.0692. The molecule has 0 spiro atoms. The second-order valence-corrected chi connectivity index (χ2v) is 3.48. The third kappa shape index (κ3) is 2.21. The number of hydrogen-bond donors (Lipinski definition) is 2. The van der Waals surface area contributed by atoms with Gasteiger partial charge >= 0.3 is 12.0 Å². The number of aromatic nitrogens is 3. The van der Waals surface area contributed by atoms with Gasteiger partial charge in [0.2, 0.25) is 0 Å². The molecule has 94 valence electrons. The van der Waals surface area contributed by atoms with E-state index >= 15 is 0 Å². The van der Waals surface area contributed by atoms with E-state index in [1.807, 2.05) is 0 Å². The standard InChI is InChI=1S/C10H9FN4O3/c1-15-4-13-10(14-15)18-8-3-6(11)5(9(16)17)2-7(8)12/h2-4H,12H2,1H3,(H,16,17). The summed E-state index contributed by atoms with van der Waals surface area (Å²) in [5.74, 6) is -2.38. The maximum Gasteiger partial charge on any atom is 0.341 e. The van der Waals surface area contributed by atoms with E-state index in [1.54, 1.807) is 7.05 Å². The minimum Gasteiger partial charge on any atom is -0.478 e. The Kier molecular flexibility index (Phi) is 2.84. The molecule has 0 fully saturated rings. The summed E-state index contributed by atoms with van der Waals surface area (Å²) >= 11 is 0. The van der Waals surface area contributed by atoms with Crippen LogP contribution < -0.4 is 10.5 Å². The Labute approximate surface area is 101 Å². The summed E-state index contributed by atoms with van der Waals surface area (Å²) in [5, 5.41) is 12.5. The van der Waals surface area contributed by atoms with Crippen LogP contribution in [0.2, 0.25) is 0 Å². The van der Waals surface area contributed by atoms with Crippen molar-refractivity contribution >= 4 is 11.7 Å². The molecular formula is C10H9FN4O3. The number of rotatable bonds is 3. The van der Waals surface area contributed by atoms with Crippen LogP contribution in [0.15, 0.2) is 18.5 Å². The molecule has 1 aromatic heterocycles. The van der Waals surface area contributed by atoms with Gasteiger partial charge in [-0.05, 0) is 6.07 Å². The van der Waals surface area contributed by atoms with E-state index in [0.717, 1.165) is 12.1 Å². The van der Waals surface area contributed by atoms with Gasteiger partial charge in [0.15, 0.2) is 5.75 Å². The highest BCUT2D eigenvalue weighted by atomic mass is 19.1. The highest BCUT2D eigenvalue weighted by molar-refractivity contribution is 5.89. The first-order valence-corrected chi connectivity index (χ1v) is 4.83. The van der Waals surface area contributed by atoms with Gasteiger partial charge in [-0.15, -0.1) is 5.10 Å². The number of hydrogen-bond acceptors (Lipinski definition) is 5. The number of carboxylic acid groups (broad SMARTS) is 1. The smallest absolute Gasteiger partial charge is 0.341 e. The lowest BCUT2D eigenvalue weighted by Gasteiger charge is -2.06. The SMILES string of the molecule is Cn1cnc(Oc2cc(F)c(C(=O)O)cc2N)n1. The molecule has 0 aliphatic rings. The van der Waals surface area contributed by atoms with Gasteiger partial charge in [0.05, 0.1) is 11.3 Å². The molecule has 7 nitrogen and oxygen atoms in total. The molecular weight excluding hydrogens is 243 g/mol. The molecule has 2 aromatic rings. The number of benzene rings is 1. The molecule has 1 heterocycles. The molecule has 0 bridgehead atoms. The van der Waals surface area contributed by atoms with Gasteiger partial charge in [-0.2, -0.15) is 4.98 Å². The van der Waals surface area contributed by atoms with Crippen molar-refractivity contribution in [3.63, 3.8) is 0 Å². The average Bonchev–Trinajstić information content (AvgIpc) is 2.68. The molecule has 0 aliphatic heterocycles. The van der Waals surface area contributed by atoms with Crippen molar-refractivity contribution in [3.05, 3.63) is 29.8 Å². The summed E-state index contributed by atoms with van der Waals surface area (Å²) in [6, 6.07) is 1.86. The summed E-state index contributed by atoms with van der Waals surface area (Å²) in [6.45, 7) is 0. The maximum atomic E-state index is 13.4. The number of halogens is 1. The van der Waals surface area contributed by atoms with Gasteiger partial charge in [-0.3, -0.25) is 4.68 Å². The van der Waals surface area contributed by atoms with Gasteiger partial charge in [0.1, 0.15) is 12.1 Å². The van der Waals surface area contributed by atoms with Crippen molar-refractivity contribution < 1.29 is 19.0 Å². The van der Waals surface area contributed by atoms with Crippen molar-refractivity contribution in [2.75, 3.05) is 5.73 Å². The molecule has 0 unspecified atom stereocenters. The van der Waals surface area contributed by atoms with Crippen molar-refractivity contribution in [1.82, 2.24) is 14.8 Å². The predicted octanol–water partition coefficient (Wildman–Crippen LogP) is 1.03. The summed E-state index contributed by atoms with van der Waals surface area (Å²) in [5.41, 5.74) is 5.03. The number of nitrogens with two attached hydrogens (primary N) is 1. The third-order valence-electron chi connectivity index (χ3n) is 2.11. The highest BCUT2D eigenvalue weighted by Gasteiger charge is 2.15. The van der Waals surface area contributed by atoms with Gasteiger partial charge < -0.3 is 15.6 Å². The lowest BCUT2D eigenvalue weighted by Crippen LogP contribution is -2.03. The Bertz CT molecular complexity index is 611. The molecule has 1 aromatic carbocycles. The predicted molar refractivity (Wildman–Crippen MR) is 58.8 cm³/mol. The Morgan fingerprint density at radius 1 is 1.56 bits per heavy atom. The number of aryl methyl sites for hydroxylation is 1. The van der Waals surface area contributed by atoms with Crippen LogP contribution in [0.1, 0.15) is 10.4 Å². The number of nitrogens with zero attached hydrogens (tertiary/aromatic N) is 3. The molecule has 2 rings (SSSR count). The normalized spacial score (nSPS) is 10.3. The minimum absolute atomic E-state index is 0.00771. The molecule has 0 aliphatic carbocycles. The summed E-state index contributed by atoms with van der Waals surface area (Å²) in [6.07, 6.45) is 1.40. The number of carbonyl (C=O) groups is 1. The zero-order valence-electron chi connectivity index (χ0n) is 9.29. The van der Waals surface area contributed by atoms with E-state index in [0.29, 0.717) is 0 Å². The second kappa shape index (κ2) is 4.32. The van der Waals surface area contributed by atoms with Crippen LogP contribution >= 0.6 is 0 Å². The third-order valence-corrected chi connectivity index (χ3v) is 2.11. The van der Waals surface area contributed by atoms with Gasteiger partial charge in [-0.25, -0.2) is 9.18 Å². The van der Waals surface area contributed by atoms with Crippen LogP contribution in [0.4, 0.5) is 10.1 Å². The second-order valence-electron chi connectivity index (χ2n) is 3.48. The molecule has 8 heteroatoms. The van der Waals surface area contributed by atoms with E-state index in [4.69, 9.17) is 15.6 Å². The van der Waals surface area contributed by atoms with Crippen LogP contribution in [0.5, 0.6) is 11.8 Å². The first-order valence-electron chi connectivity index (χ1n) is 4.83.